The summed E-state index contributed by atoms with van der Waals surface area (Å²) in [4.78, 5) is 18.0. The molecule has 1 aliphatic rings. The molecule has 0 unspecified atom stereocenters. The fraction of sp³-hybridized carbons (Fsp3) is 0.529. The van der Waals surface area contributed by atoms with Crippen molar-refractivity contribution < 1.29 is 9.18 Å². The predicted molar refractivity (Wildman–Crippen MR) is 113 cm³/mol. The van der Waals surface area contributed by atoms with Crippen molar-refractivity contribution in [3.8, 4) is 0 Å². The Kier molecular flexibility index (Phi) is 9.70. The second-order valence-corrected chi connectivity index (χ2v) is 6.81. The van der Waals surface area contributed by atoms with E-state index < -0.39 is 0 Å². The van der Waals surface area contributed by atoms with Crippen molar-refractivity contribution in [1.82, 2.24) is 15.5 Å². The van der Waals surface area contributed by atoms with Crippen LogP contribution in [0.5, 0.6) is 0 Å². The summed E-state index contributed by atoms with van der Waals surface area (Å²) in [6, 6.07) is 5.10. The maximum absolute atomic E-state index is 13.6. The molecule has 5 nitrogen and oxygen atoms in total. The SMILES string of the molecule is CN=C(NCc1ccc(Br)c(F)c1)N1CCC(CC(=O)NC)CC1.I. The monoisotopic (exact) mass is 526 g/mol. The topological polar surface area (TPSA) is 56.7 Å². The van der Waals surface area contributed by atoms with Crippen LogP contribution < -0.4 is 10.6 Å². The molecule has 0 spiro atoms. The number of carbonyl (C=O) groups excluding carboxylic acids is 1. The number of likely N-dealkylation sites (tertiary alicyclic amines) is 1. The highest BCUT2D eigenvalue weighted by Crippen LogP contribution is 2.21. The molecule has 0 atom stereocenters. The van der Waals surface area contributed by atoms with Crippen molar-refractivity contribution in [1.29, 1.82) is 0 Å². The van der Waals surface area contributed by atoms with Crippen molar-refractivity contribution in [2.45, 2.75) is 25.8 Å². The van der Waals surface area contributed by atoms with Crippen LogP contribution in [0.1, 0.15) is 24.8 Å². The van der Waals surface area contributed by atoms with Gasteiger partial charge in [-0.25, -0.2) is 4.39 Å². The number of halogens is 3. The van der Waals surface area contributed by atoms with Crippen LogP contribution >= 0.6 is 39.9 Å². The molecule has 1 aromatic carbocycles. The first-order valence-corrected chi connectivity index (χ1v) is 8.93. The van der Waals surface area contributed by atoms with E-state index in [2.05, 4.69) is 36.5 Å². The molecule has 1 amide bonds. The number of nitrogens with one attached hydrogen (secondary N) is 2. The number of nitrogens with zero attached hydrogens (tertiary/aromatic N) is 2. The number of aliphatic imine (C=N–C) groups is 1. The van der Waals surface area contributed by atoms with Gasteiger partial charge in [0.15, 0.2) is 5.96 Å². The average molecular weight is 527 g/mol. The highest BCUT2D eigenvalue weighted by Gasteiger charge is 2.23. The van der Waals surface area contributed by atoms with E-state index in [1.807, 2.05) is 6.07 Å². The molecule has 1 heterocycles. The van der Waals surface area contributed by atoms with E-state index >= 15 is 0 Å². The van der Waals surface area contributed by atoms with Gasteiger partial charge in [-0.15, -0.1) is 24.0 Å². The normalized spacial score (nSPS) is 15.5. The van der Waals surface area contributed by atoms with Gasteiger partial charge in [-0.2, -0.15) is 0 Å². The van der Waals surface area contributed by atoms with Crippen LogP contribution in [0.15, 0.2) is 27.7 Å². The lowest BCUT2D eigenvalue weighted by Crippen LogP contribution is -2.45. The molecule has 140 valence electrons. The van der Waals surface area contributed by atoms with Gasteiger partial charge < -0.3 is 15.5 Å². The second kappa shape index (κ2) is 10.9. The number of benzene rings is 1. The first kappa shape index (κ1) is 22.1. The molecule has 0 aliphatic carbocycles. The van der Waals surface area contributed by atoms with Gasteiger partial charge in [0.25, 0.3) is 0 Å². The van der Waals surface area contributed by atoms with Crippen LogP contribution in [0, 0.1) is 11.7 Å². The maximum Gasteiger partial charge on any atom is 0.220 e. The summed E-state index contributed by atoms with van der Waals surface area (Å²) in [7, 11) is 3.43. The number of piperidine rings is 1. The summed E-state index contributed by atoms with van der Waals surface area (Å²) in [5.41, 5.74) is 0.867. The van der Waals surface area contributed by atoms with Crippen molar-refractivity contribution in [2.75, 3.05) is 27.2 Å². The lowest BCUT2D eigenvalue weighted by Gasteiger charge is -2.34. The lowest BCUT2D eigenvalue weighted by atomic mass is 9.93. The average Bonchev–Trinajstić information content (AvgIpc) is 2.59. The molecule has 0 radical (unpaired) electrons. The van der Waals surface area contributed by atoms with Crippen molar-refractivity contribution >= 4 is 51.8 Å². The zero-order valence-corrected chi connectivity index (χ0v) is 18.4. The maximum atomic E-state index is 13.6. The highest BCUT2D eigenvalue weighted by molar-refractivity contribution is 14.0. The van der Waals surface area contributed by atoms with Crippen LogP contribution in [0.3, 0.4) is 0 Å². The largest absolute Gasteiger partial charge is 0.359 e. The summed E-state index contributed by atoms with van der Waals surface area (Å²) in [5, 5.41) is 5.97. The number of carbonyl (C=O) groups is 1. The van der Waals surface area contributed by atoms with Gasteiger partial charge in [-0.05, 0) is 52.4 Å². The standard InChI is InChI=1S/C17H24BrFN4O.HI/c1-20-16(24)10-12-5-7-23(8-6-12)17(21-2)22-11-13-3-4-14(18)15(19)9-13;/h3-4,9,12H,5-8,10-11H2,1-2H3,(H,20,24)(H,21,22);1H. The Morgan fingerprint density at radius 1 is 1.40 bits per heavy atom. The molecule has 1 fully saturated rings. The fourth-order valence-corrected chi connectivity index (χ4v) is 3.12. The van der Waals surface area contributed by atoms with Gasteiger partial charge in [-0.3, -0.25) is 9.79 Å². The van der Waals surface area contributed by atoms with E-state index in [1.54, 1.807) is 20.2 Å². The van der Waals surface area contributed by atoms with Gasteiger partial charge in [0.1, 0.15) is 5.82 Å². The zero-order chi connectivity index (χ0) is 17.5. The Bertz CT molecular complexity index is 606. The van der Waals surface area contributed by atoms with Crippen molar-refractivity contribution in [3.05, 3.63) is 34.1 Å². The van der Waals surface area contributed by atoms with Gasteiger partial charge in [0, 0.05) is 40.2 Å². The minimum Gasteiger partial charge on any atom is -0.359 e. The number of amides is 1. The number of hydrogen-bond acceptors (Lipinski definition) is 2. The Labute approximate surface area is 174 Å². The van der Waals surface area contributed by atoms with Gasteiger partial charge in [0.05, 0.1) is 4.47 Å². The lowest BCUT2D eigenvalue weighted by molar-refractivity contribution is -0.121. The molecule has 0 aromatic heterocycles. The minimum absolute atomic E-state index is 0. The molecular weight excluding hydrogens is 502 g/mol. The molecule has 1 saturated heterocycles. The Balaban J connectivity index is 0.00000312. The Morgan fingerprint density at radius 3 is 2.64 bits per heavy atom. The second-order valence-electron chi connectivity index (χ2n) is 5.96. The summed E-state index contributed by atoms with van der Waals surface area (Å²) >= 11 is 3.16. The van der Waals surface area contributed by atoms with Crippen molar-refractivity contribution in [3.63, 3.8) is 0 Å². The quantitative estimate of drug-likeness (QED) is 0.360. The van der Waals surface area contributed by atoms with Gasteiger partial charge in [0.2, 0.25) is 5.91 Å². The Hall–Kier alpha value is -0.900. The molecule has 2 rings (SSSR count). The summed E-state index contributed by atoms with van der Waals surface area (Å²) < 4.78 is 14.0. The number of hydrogen-bond donors (Lipinski definition) is 2. The van der Waals surface area contributed by atoms with E-state index in [9.17, 15) is 9.18 Å². The molecule has 0 bridgehead atoms. The van der Waals surface area contributed by atoms with Crippen LogP contribution in [0.4, 0.5) is 4.39 Å². The highest BCUT2D eigenvalue weighted by atomic mass is 127. The smallest absolute Gasteiger partial charge is 0.220 e. The van der Waals surface area contributed by atoms with Crippen LogP contribution in [-0.2, 0) is 11.3 Å². The van der Waals surface area contributed by atoms with E-state index in [1.165, 1.54) is 6.07 Å². The molecular formula is C17H25BrFIN4O. The number of rotatable bonds is 4. The summed E-state index contributed by atoms with van der Waals surface area (Å²) in [6.07, 6.45) is 2.54. The van der Waals surface area contributed by atoms with E-state index in [0.29, 0.717) is 23.4 Å². The van der Waals surface area contributed by atoms with E-state index in [-0.39, 0.29) is 35.7 Å². The third-order valence-corrected chi connectivity index (χ3v) is 4.96. The fourth-order valence-electron chi connectivity index (χ4n) is 2.88. The summed E-state index contributed by atoms with van der Waals surface area (Å²) in [5.74, 6) is 1.09. The molecule has 1 aliphatic heterocycles. The molecule has 2 N–H and O–H groups in total. The number of guanidine groups is 1. The predicted octanol–water partition coefficient (Wildman–Crippen LogP) is 3.13. The Morgan fingerprint density at radius 2 is 2.08 bits per heavy atom. The van der Waals surface area contributed by atoms with Gasteiger partial charge >= 0.3 is 0 Å². The molecule has 0 saturated carbocycles. The van der Waals surface area contributed by atoms with Crippen LogP contribution in [0.25, 0.3) is 0 Å². The zero-order valence-electron chi connectivity index (χ0n) is 14.5. The van der Waals surface area contributed by atoms with Gasteiger partial charge in [-0.1, -0.05) is 6.07 Å². The molecule has 1 aromatic rings. The van der Waals surface area contributed by atoms with Crippen molar-refractivity contribution in [2.24, 2.45) is 10.9 Å². The third kappa shape index (κ3) is 6.73. The first-order valence-electron chi connectivity index (χ1n) is 8.13. The first-order chi connectivity index (χ1) is 11.5. The minimum atomic E-state index is -0.265. The van der Waals surface area contributed by atoms with E-state index in [0.717, 1.165) is 37.5 Å². The summed E-state index contributed by atoms with van der Waals surface area (Å²) in [6.45, 7) is 2.26. The van der Waals surface area contributed by atoms with E-state index in [4.69, 9.17) is 0 Å². The molecule has 8 heteroatoms. The van der Waals surface area contributed by atoms with Crippen LogP contribution in [0.2, 0.25) is 0 Å². The molecule has 25 heavy (non-hydrogen) atoms. The third-order valence-electron chi connectivity index (χ3n) is 4.31. The van der Waals surface area contributed by atoms with Crippen LogP contribution in [-0.4, -0.2) is 44.0 Å².